The molecule has 2 unspecified atom stereocenters. The number of hydrogen-bond acceptors (Lipinski definition) is 25. The van der Waals surface area contributed by atoms with Gasteiger partial charge in [0, 0.05) is 111 Å². The van der Waals surface area contributed by atoms with Crippen LogP contribution in [0.1, 0.15) is 220 Å². The van der Waals surface area contributed by atoms with Crippen molar-refractivity contribution >= 4 is 87.5 Å². The van der Waals surface area contributed by atoms with Crippen molar-refractivity contribution in [3.63, 3.8) is 0 Å². The van der Waals surface area contributed by atoms with Gasteiger partial charge < -0.3 is 81.2 Å². The number of aromatic nitrogens is 5. The summed E-state index contributed by atoms with van der Waals surface area (Å²) in [6.45, 7) is 20.3. The molecule has 136 heavy (non-hydrogen) atoms. The molecule has 31 heteroatoms. The molecule has 4 saturated carbocycles. The van der Waals surface area contributed by atoms with E-state index in [2.05, 4.69) is 18.9 Å². The summed E-state index contributed by atoms with van der Waals surface area (Å²) in [5, 5.41) is 0.897. The van der Waals surface area contributed by atoms with E-state index >= 15 is 0 Å². The molecule has 3 amide bonds. The van der Waals surface area contributed by atoms with Gasteiger partial charge >= 0.3 is 17.9 Å². The van der Waals surface area contributed by atoms with Crippen molar-refractivity contribution in [1.82, 2.24) is 39.6 Å². The molecule has 7 fully saturated rings. The van der Waals surface area contributed by atoms with E-state index in [1.807, 2.05) is 160 Å². The number of hydrogen-bond donors (Lipinski definition) is 0. The molecule has 6 bridgehead atoms. The second-order valence-electron chi connectivity index (χ2n) is 41.9. The molecular formula is C105H133N8O20V3-3. The van der Waals surface area contributed by atoms with E-state index < -0.39 is 93.8 Å². The summed E-state index contributed by atoms with van der Waals surface area (Å²) >= 11 is 0. The van der Waals surface area contributed by atoms with Crippen molar-refractivity contribution < 1.29 is 151 Å². The molecule has 17 rings (SSSR count). The summed E-state index contributed by atoms with van der Waals surface area (Å²) in [5.41, 5.74) is 4.74. The second kappa shape index (κ2) is 45.7. The molecular weight excluding hydrogens is 1850 g/mol. The summed E-state index contributed by atoms with van der Waals surface area (Å²) in [7, 11) is 7.95. The van der Waals surface area contributed by atoms with Gasteiger partial charge in [-0.1, -0.05) is 149 Å². The van der Waals surface area contributed by atoms with Gasteiger partial charge in [0.1, 0.15) is 70.5 Å². The van der Waals surface area contributed by atoms with Crippen LogP contribution in [0.25, 0.3) is 33.0 Å². The Kier molecular flexibility index (Phi) is 35.7. The fourth-order valence-electron chi connectivity index (χ4n) is 21.5. The van der Waals surface area contributed by atoms with Gasteiger partial charge in [0.05, 0.1) is 124 Å². The summed E-state index contributed by atoms with van der Waals surface area (Å²) < 4.78 is 65.3. The molecule has 0 N–H and O–H groups in total. The van der Waals surface area contributed by atoms with Crippen LogP contribution < -0.4 is 28.4 Å². The first-order chi connectivity index (χ1) is 63.7. The SMILES string of the molecule is COC[C@@H]1[C@@H]2CN(C(=O)[C@H](C(C)(C)C)CC(=O)O[C@@H]3C[C@H]3CCCCCc3nc4ccc(OC)cc4nc3O2)[C@@H]1[C-]=O.COC[C@@H]1[C@@H]2CN(C(=O)[C@H](C(C)(C)C)CC(=O)O[C@]3(C)C[C@H]3CCCCCc3nc4ccc(OC)cc4nc3O2)[C@@H]1[C-]=O.COc1ccc2nc3c(cc2c1)O[C@H]1CN(C(=O)[C@H](C(C)(C)C)CC(=O)O[C@@H]2CC4CC4[C@H]2CCCCC3)[C@H]([C-]=O)[C@@H]1c1ccccc1.[V].[V].[V]. The van der Waals surface area contributed by atoms with Crippen molar-refractivity contribution in [2.45, 2.75) is 271 Å². The number of amides is 3. The van der Waals surface area contributed by atoms with E-state index in [-0.39, 0.29) is 156 Å². The van der Waals surface area contributed by atoms with Crippen molar-refractivity contribution in [3.05, 3.63) is 114 Å². The van der Waals surface area contributed by atoms with Gasteiger partial charge in [-0.05, 0) is 184 Å². The third kappa shape index (κ3) is 24.6. The van der Waals surface area contributed by atoms with E-state index in [1.54, 1.807) is 40.4 Å². The minimum absolute atomic E-state index is 0. The van der Waals surface area contributed by atoms with Crippen LogP contribution in [-0.2, 0) is 142 Å². The predicted octanol–water partition coefficient (Wildman–Crippen LogP) is 15.4. The number of aryl methyl sites for hydroxylation is 3. The second-order valence-corrected chi connectivity index (χ2v) is 41.9. The maximum Gasteiger partial charge on any atom is 0.307 e. The van der Waals surface area contributed by atoms with Crippen LogP contribution >= 0.6 is 0 Å². The molecule has 0 spiro atoms. The van der Waals surface area contributed by atoms with Gasteiger partial charge in [-0.15, -0.1) is 0 Å². The number of nitrogens with zero attached hydrogens (tertiary/aromatic N) is 8. The quantitative estimate of drug-likeness (QED) is 0.0659. The minimum atomic E-state index is -0.900. The number of carbonyl (C=O) groups excluding carboxylic acids is 9. The number of methoxy groups -OCH3 is 5. The monoisotopic (exact) mass is 1980 g/mol. The van der Waals surface area contributed by atoms with Gasteiger partial charge in [0.25, 0.3) is 0 Å². The number of carbonyl (C=O) groups is 6. The zero-order chi connectivity index (χ0) is 94.5. The van der Waals surface area contributed by atoms with Gasteiger partial charge in [0.2, 0.25) is 29.5 Å². The van der Waals surface area contributed by atoms with E-state index in [1.165, 1.54) is 16.2 Å². The molecule has 7 aromatic rings. The van der Waals surface area contributed by atoms with Crippen LogP contribution in [-0.4, -0.2) is 217 Å². The first-order valence-corrected chi connectivity index (χ1v) is 48.1. The summed E-state index contributed by atoms with van der Waals surface area (Å²) in [5.74, 6) is 0.511. The Balaban J connectivity index is 0.000000182. The van der Waals surface area contributed by atoms with Crippen LogP contribution in [0, 0.1) is 75.4 Å². The number of ether oxygens (including phenoxy) is 11. The molecule has 3 radical (unpaired) electrons. The zero-order valence-corrected chi connectivity index (χ0v) is 85.5. The Bertz CT molecular complexity index is 5380. The average Bonchev–Trinajstić information content (AvgIpc) is 1.50. The third-order valence-corrected chi connectivity index (χ3v) is 29.7. The summed E-state index contributed by atoms with van der Waals surface area (Å²) in [6.07, 6.45) is 22.2. The molecule has 3 aromatic heterocycles. The maximum atomic E-state index is 14.6. The number of rotatable bonds is 11. The number of esters is 3. The number of benzene rings is 4. The van der Waals surface area contributed by atoms with Crippen molar-refractivity contribution in [2.75, 3.05) is 68.4 Å². The van der Waals surface area contributed by atoms with E-state index in [4.69, 9.17) is 77.0 Å². The largest absolute Gasteiger partial charge is 0.540 e. The fraction of sp³-hybridized carbons (Fsp3) is 0.619. The van der Waals surface area contributed by atoms with Crippen molar-refractivity contribution in [2.24, 2.45) is 75.4 Å². The molecule has 4 aliphatic carbocycles. The topological polar surface area (TPSA) is 329 Å². The Morgan fingerprint density at radius 2 is 0.860 bits per heavy atom. The molecule has 731 valence electrons. The van der Waals surface area contributed by atoms with Crippen LogP contribution in [0.5, 0.6) is 34.8 Å². The van der Waals surface area contributed by atoms with Crippen LogP contribution in [0.3, 0.4) is 0 Å². The van der Waals surface area contributed by atoms with Gasteiger partial charge in [-0.25, -0.2) is 43.8 Å². The first-order valence-electron chi connectivity index (χ1n) is 48.1. The zero-order valence-electron chi connectivity index (χ0n) is 81.3. The summed E-state index contributed by atoms with van der Waals surface area (Å²) in [6, 6.07) is 26.1. The van der Waals surface area contributed by atoms with Crippen LogP contribution in [0.2, 0.25) is 0 Å². The molecule has 4 aromatic carbocycles. The molecule has 3 saturated heterocycles. The first kappa shape index (κ1) is 106. The molecule has 6 aliphatic heterocycles. The third-order valence-electron chi connectivity index (χ3n) is 29.7. The average molecular weight is 1980 g/mol. The number of fused-ring (bicyclic) bond motifs is 17. The van der Waals surface area contributed by atoms with E-state index in [0.29, 0.717) is 82.5 Å². The van der Waals surface area contributed by atoms with Gasteiger partial charge in [-0.3, -0.25) is 28.8 Å². The normalized spacial score (nSPS) is 29.5. The molecule has 20 atom stereocenters. The molecule has 28 nitrogen and oxygen atoms in total. The van der Waals surface area contributed by atoms with Gasteiger partial charge in [0.15, 0.2) is 0 Å². The number of pyridine rings is 1. The maximum absolute atomic E-state index is 14.6. The van der Waals surface area contributed by atoms with Crippen LogP contribution in [0.4, 0.5) is 0 Å². The molecule has 10 aliphatic rings. The standard InChI is InChI=1S/C40H47N2O6.C33H44N3O7.C32H42N3O7.3V/c1-40(2,3)30-21-37(44)48-34-19-25-18-29(25)28(34)13-9-6-10-14-32-35(20-26-17-27(46-4)15-16-31(26)41-32)47-36-22-42(39(30)45)33(23-43)38(36)24-11-7-5-8-12-24;1-32(2,3)23-15-29(38)43-33(4)16-20(33)10-8-7-9-11-25-30(35-26-14-21(41-6)12-13-24(26)34-25)42-28-17-36(31(23)39)27(18-37)22(28)19-40-5;1-32(2,3)22-15-29(37)41-27-13-19(27)9-7-6-8-10-24-30(34-25-14-20(40-5)11-12-23(25)33-24)42-28-16-35(31(22)38)26(17-36)21(28)18-39-4;;;/h5,7-8,11-12,15-17,20,25,28-30,33-34,36,38H,6,9-10,13-14,18-19,21-22H2,1-4H3;12-14,20,22-23,27-28H,7-11,15-17,19H2,1-6H3;11-12,14,19,21-22,26-28H,6-10,13,15-16,18H2,1-5H3;;;/q3*-1;;;/t25?,28-,29?,30-,33-,34-,36+,38+;20-,22+,23-,27-,28+,33-;19-,21+,22-,26-,27-,28+;;;/m111.../s1. The van der Waals surface area contributed by atoms with E-state index in [0.717, 1.165) is 153 Å². The van der Waals surface area contributed by atoms with E-state index in [9.17, 15) is 43.2 Å². The summed E-state index contributed by atoms with van der Waals surface area (Å²) in [4.78, 5) is 150. The van der Waals surface area contributed by atoms with Crippen LogP contribution in [0.15, 0.2) is 91.0 Å². The Labute approximate surface area is 835 Å². The Morgan fingerprint density at radius 1 is 0.419 bits per heavy atom. The molecule has 9 heterocycles. The predicted molar refractivity (Wildman–Crippen MR) is 497 cm³/mol. The Hall–Kier alpha value is -8.73. The van der Waals surface area contributed by atoms with Crippen molar-refractivity contribution in [1.29, 1.82) is 0 Å². The smallest absolute Gasteiger partial charge is 0.307 e. The Morgan fingerprint density at radius 3 is 1.35 bits per heavy atom. The fourth-order valence-corrected chi connectivity index (χ4v) is 21.5. The minimum Gasteiger partial charge on any atom is -0.540 e. The van der Waals surface area contributed by atoms with Gasteiger partial charge in [-0.2, -0.15) is 0 Å². The van der Waals surface area contributed by atoms with Crippen molar-refractivity contribution in [3.8, 4) is 34.8 Å².